The Hall–Kier alpha value is -3.98. The van der Waals surface area contributed by atoms with Crippen molar-refractivity contribution in [2.75, 3.05) is 14.1 Å². The summed E-state index contributed by atoms with van der Waals surface area (Å²) in [4.78, 5) is 33.3. The van der Waals surface area contributed by atoms with Gasteiger partial charge >= 0.3 is 0 Å². The van der Waals surface area contributed by atoms with E-state index in [2.05, 4.69) is 15.3 Å². The summed E-state index contributed by atoms with van der Waals surface area (Å²) in [6.07, 6.45) is 3.32. The van der Waals surface area contributed by atoms with E-state index < -0.39 is 9.84 Å². The number of benzene rings is 2. The highest BCUT2D eigenvalue weighted by Gasteiger charge is 2.25. The number of pyridine rings is 1. The van der Waals surface area contributed by atoms with Crippen LogP contribution < -0.4 is 5.32 Å². The van der Waals surface area contributed by atoms with Crippen molar-refractivity contribution in [1.82, 2.24) is 20.2 Å². The third-order valence-corrected chi connectivity index (χ3v) is 6.99. The molecule has 4 aromatic rings. The first-order valence-electron chi connectivity index (χ1n) is 10.1. The molecule has 2 aromatic carbocycles. The number of aromatic amines is 1. The fraction of sp³-hybridized carbons (Fsp3) is 0.125. The van der Waals surface area contributed by atoms with E-state index >= 15 is 0 Å². The van der Waals surface area contributed by atoms with Gasteiger partial charge < -0.3 is 15.2 Å². The van der Waals surface area contributed by atoms with Crippen LogP contribution in [0.1, 0.15) is 26.4 Å². The number of carbonyl (C=O) groups excluding carboxylic acids is 2. The van der Waals surface area contributed by atoms with Gasteiger partial charge in [-0.25, -0.2) is 8.42 Å². The fourth-order valence-corrected chi connectivity index (χ4v) is 4.85. The third kappa shape index (κ3) is 4.49. The molecule has 0 atom stereocenters. The summed E-state index contributed by atoms with van der Waals surface area (Å²) in [6.45, 7) is 0.225. The first-order valence-corrected chi connectivity index (χ1v) is 11.6. The Kier molecular flexibility index (Phi) is 5.97. The summed E-state index contributed by atoms with van der Waals surface area (Å²) in [5.41, 5.74) is 2.09. The monoisotopic (exact) mass is 462 g/mol. The van der Waals surface area contributed by atoms with Crippen LogP contribution in [0.3, 0.4) is 0 Å². The van der Waals surface area contributed by atoms with E-state index in [4.69, 9.17) is 0 Å². The van der Waals surface area contributed by atoms with Gasteiger partial charge in [-0.1, -0.05) is 24.3 Å². The number of H-pyrrole nitrogens is 1. The summed E-state index contributed by atoms with van der Waals surface area (Å²) >= 11 is 0. The first kappa shape index (κ1) is 22.2. The minimum atomic E-state index is -3.90. The molecule has 2 N–H and O–H groups in total. The summed E-state index contributed by atoms with van der Waals surface area (Å²) in [5, 5.41) is 3.65. The molecule has 168 valence electrons. The van der Waals surface area contributed by atoms with E-state index in [1.54, 1.807) is 62.9 Å². The number of nitrogens with one attached hydrogen (secondary N) is 2. The molecule has 0 aliphatic carbocycles. The van der Waals surface area contributed by atoms with Crippen molar-refractivity contribution in [1.29, 1.82) is 0 Å². The van der Waals surface area contributed by atoms with Crippen molar-refractivity contribution in [3.63, 3.8) is 0 Å². The molecule has 0 fully saturated rings. The van der Waals surface area contributed by atoms with Crippen LogP contribution >= 0.6 is 0 Å². The Morgan fingerprint density at radius 2 is 1.76 bits per heavy atom. The Bertz CT molecular complexity index is 1410. The van der Waals surface area contributed by atoms with E-state index in [1.165, 1.54) is 29.2 Å². The van der Waals surface area contributed by atoms with Crippen LogP contribution in [0.5, 0.6) is 0 Å². The Labute approximate surface area is 191 Å². The number of sulfone groups is 1. The molecule has 0 bridgehead atoms. The van der Waals surface area contributed by atoms with Crippen LogP contribution in [-0.4, -0.2) is 49.2 Å². The van der Waals surface area contributed by atoms with E-state index in [0.29, 0.717) is 5.69 Å². The number of fused-ring (bicyclic) bond motifs is 1. The van der Waals surface area contributed by atoms with E-state index in [0.717, 1.165) is 16.5 Å². The second-order valence-electron chi connectivity index (χ2n) is 7.67. The van der Waals surface area contributed by atoms with Gasteiger partial charge in [0.1, 0.15) is 5.69 Å². The Morgan fingerprint density at radius 3 is 2.45 bits per heavy atom. The quantitative estimate of drug-likeness (QED) is 0.457. The lowest BCUT2D eigenvalue weighted by Gasteiger charge is -2.14. The topological polar surface area (TPSA) is 112 Å². The van der Waals surface area contributed by atoms with Crippen LogP contribution in [0, 0.1) is 0 Å². The minimum Gasteiger partial charge on any atom is -0.350 e. The molecule has 8 nitrogen and oxygen atoms in total. The summed E-state index contributed by atoms with van der Waals surface area (Å²) in [7, 11) is -0.758. The number of hydrogen-bond donors (Lipinski definition) is 2. The zero-order valence-electron chi connectivity index (χ0n) is 18.1. The SMILES string of the molecule is CN(C)C(=O)c1ccccc1S(=O)(=O)c1ccc(CNC(=O)c2cc3cnccc3[nH]2)cc1. The van der Waals surface area contributed by atoms with Gasteiger partial charge in [0, 0.05) is 43.9 Å². The standard InChI is InChI=1S/C24H22N4O4S/c1-28(2)24(30)19-5-3-4-6-22(19)33(31,32)18-9-7-16(8-10-18)14-26-23(29)21-13-17-15-25-12-11-20(17)27-21/h3-13,15,27H,14H2,1-2H3,(H,26,29). The maximum atomic E-state index is 13.2. The van der Waals surface area contributed by atoms with Crippen LogP contribution in [-0.2, 0) is 16.4 Å². The lowest BCUT2D eigenvalue weighted by Crippen LogP contribution is -2.24. The van der Waals surface area contributed by atoms with Crippen molar-refractivity contribution < 1.29 is 18.0 Å². The molecule has 0 saturated heterocycles. The summed E-state index contributed by atoms with van der Waals surface area (Å²) < 4.78 is 26.4. The number of carbonyl (C=O) groups is 2. The molecule has 9 heteroatoms. The van der Waals surface area contributed by atoms with Gasteiger partial charge in [-0.05, 0) is 42.0 Å². The molecule has 33 heavy (non-hydrogen) atoms. The van der Waals surface area contributed by atoms with Crippen LogP contribution in [0.15, 0.2) is 82.8 Å². The minimum absolute atomic E-state index is 0.0435. The van der Waals surface area contributed by atoms with Crippen molar-refractivity contribution in [3.05, 3.63) is 89.9 Å². The largest absolute Gasteiger partial charge is 0.350 e. The molecule has 0 spiro atoms. The fourth-order valence-electron chi connectivity index (χ4n) is 3.40. The maximum absolute atomic E-state index is 13.2. The molecular formula is C24H22N4O4S. The number of rotatable bonds is 6. The molecule has 0 radical (unpaired) electrons. The molecule has 4 rings (SSSR count). The van der Waals surface area contributed by atoms with Gasteiger partial charge in [-0.3, -0.25) is 14.6 Å². The molecule has 0 aliphatic rings. The molecule has 2 aromatic heterocycles. The smallest absolute Gasteiger partial charge is 0.267 e. The number of amides is 2. The number of nitrogens with zero attached hydrogens (tertiary/aromatic N) is 2. The van der Waals surface area contributed by atoms with Gasteiger partial charge in [0.15, 0.2) is 0 Å². The van der Waals surface area contributed by atoms with Gasteiger partial charge in [0.25, 0.3) is 11.8 Å². The van der Waals surface area contributed by atoms with Gasteiger partial charge in [-0.2, -0.15) is 0 Å². The number of aromatic nitrogens is 2. The summed E-state index contributed by atoms with van der Waals surface area (Å²) in [6, 6.07) is 15.9. The highest BCUT2D eigenvalue weighted by atomic mass is 32.2. The van der Waals surface area contributed by atoms with E-state index in [9.17, 15) is 18.0 Å². The van der Waals surface area contributed by atoms with E-state index in [-0.39, 0.29) is 33.7 Å². The molecule has 2 amide bonds. The average molecular weight is 463 g/mol. The van der Waals surface area contributed by atoms with Crippen LogP contribution in [0.4, 0.5) is 0 Å². The van der Waals surface area contributed by atoms with Crippen molar-refractivity contribution in [2.45, 2.75) is 16.3 Å². The van der Waals surface area contributed by atoms with Crippen molar-refractivity contribution >= 4 is 32.6 Å². The molecular weight excluding hydrogens is 440 g/mol. The lowest BCUT2D eigenvalue weighted by molar-refractivity contribution is 0.0823. The van der Waals surface area contributed by atoms with E-state index in [1.807, 2.05) is 0 Å². The first-order chi connectivity index (χ1) is 15.8. The molecule has 0 unspecified atom stereocenters. The van der Waals surface area contributed by atoms with Gasteiger partial charge in [0.05, 0.1) is 15.4 Å². The van der Waals surface area contributed by atoms with Crippen molar-refractivity contribution in [3.8, 4) is 0 Å². The highest BCUT2D eigenvalue weighted by Crippen LogP contribution is 2.25. The highest BCUT2D eigenvalue weighted by molar-refractivity contribution is 7.91. The maximum Gasteiger partial charge on any atom is 0.267 e. The average Bonchev–Trinajstić information content (AvgIpc) is 3.27. The predicted octanol–water partition coefficient (Wildman–Crippen LogP) is 3.03. The van der Waals surface area contributed by atoms with Gasteiger partial charge in [-0.15, -0.1) is 0 Å². The second-order valence-corrected chi connectivity index (χ2v) is 9.59. The predicted molar refractivity (Wildman–Crippen MR) is 124 cm³/mol. The lowest BCUT2D eigenvalue weighted by atomic mass is 10.2. The van der Waals surface area contributed by atoms with Crippen LogP contribution in [0.2, 0.25) is 0 Å². The Balaban J connectivity index is 1.50. The third-order valence-electron chi connectivity index (χ3n) is 5.17. The molecule has 0 saturated carbocycles. The van der Waals surface area contributed by atoms with Crippen molar-refractivity contribution in [2.24, 2.45) is 0 Å². The normalized spacial score (nSPS) is 11.3. The second kappa shape index (κ2) is 8.87. The van der Waals surface area contributed by atoms with Crippen LogP contribution in [0.25, 0.3) is 10.9 Å². The van der Waals surface area contributed by atoms with Gasteiger partial charge in [0.2, 0.25) is 9.84 Å². The molecule has 2 heterocycles. The summed E-state index contributed by atoms with van der Waals surface area (Å²) in [5.74, 6) is -0.666. The number of hydrogen-bond acceptors (Lipinski definition) is 5. The zero-order valence-corrected chi connectivity index (χ0v) is 18.9. The zero-order chi connectivity index (χ0) is 23.6. The molecule has 0 aliphatic heterocycles. The Morgan fingerprint density at radius 1 is 1.03 bits per heavy atom.